The van der Waals surface area contributed by atoms with Crippen LogP contribution in [0.5, 0.6) is 0 Å². The molecule has 4 aliphatic rings. The Morgan fingerprint density at radius 3 is 1.37 bits per heavy atom. The molecule has 2 fully saturated rings. The number of nitrogens with zero attached hydrogens (tertiary/aromatic N) is 4. The molecule has 4 aromatic carbocycles. The second-order valence-corrected chi connectivity index (χ2v) is 26.9. The minimum atomic E-state index is -8.96. The monoisotopic (exact) mass is 1350 g/mol. The average Bonchev–Trinajstić information content (AvgIpc) is 1.45. The number of carbonyl (C=O) groups excluding carboxylic acids is 4. The number of amides is 2. The first-order valence-corrected chi connectivity index (χ1v) is 29.2. The van der Waals surface area contributed by atoms with Crippen molar-refractivity contribution in [1.82, 2.24) is 9.21 Å². The number of likely N-dealkylation sites (tertiary alicyclic amines) is 1. The van der Waals surface area contributed by atoms with Gasteiger partial charge in [0, 0.05) is 5.41 Å². The summed E-state index contributed by atoms with van der Waals surface area (Å²) in [6, 6.07) is 16.3. The van der Waals surface area contributed by atoms with E-state index in [1.54, 1.807) is 0 Å². The van der Waals surface area contributed by atoms with Gasteiger partial charge < -0.3 is 18.9 Å². The van der Waals surface area contributed by atoms with Gasteiger partial charge in [-0.3, -0.25) is 14.6 Å². The molecule has 0 radical (unpaired) electrons. The van der Waals surface area contributed by atoms with Crippen molar-refractivity contribution in [2.45, 2.75) is 165 Å². The molecule has 0 aliphatic carbocycles. The van der Waals surface area contributed by atoms with Gasteiger partial charge >= 0.3 is 71.8 Å². The highest BCUT2D eigenvalue weighted by Crippen LogP contribution is 2.72. The van der Waals surface area contributed by atoms with Crippen LogP contribution < -0.4 is 9.21 Å². The van der Waals surface area contributed by atoms with E-state index in [1.807, 2.05) is 0 Å². The molecule has 16 nitrogen and oxygen atoms in total. The summed E-state index contributed by atoms with van der Waals surface area (Å²) in [5.74, 6) is -62.8. The number of anilines is 2. The predicted octanol–water partition coefficient (Wildman–Crippen LogP) is 12.1. The number of rotatable bonds is 16. The zero-order valence-electron chi connectivity index (χ0n) is 47.5. The van der Waals surface area contributed by atoms with Crippen LogP contribution in [-0.2, 0) is 59.4 Å². The maximum atomic E-state index is 15.9. The number of hydrogen-bond acceptors (Lipinski definition) is 12. The third-order valence-electron chi connectivity index (χ3n) is 15.6. The third-order valence-corrected chi connectivity index (χ3v) is 19.3. The van der Waals surface area contributed by atoms with Crippen molar-refractivity contribution in [1.29, 1.82) is 0 Å². The van der Waals surface area contributed by atoms with E-state index in [4.69, 9.17) is 18.9 Å². The van der Waals surface area contributed by atoms with E-state index >= 15 is 57.6 Å². The largest absolute Gasteiger partial charge is 0.467 e. The summed E-state index contributed by atoms with van der Waals surface area (Å²) >= 11 is 0. The minimum absolute atomic E-state index is 0.138. The van der Waals surface area contributed by atoms with Crippen molar-refractivity contribution in [3.8, 4) is 0 Å². The van der Waals surface area contributed by atoms with E-state index in [9.17, 15) is 53.1 Å². The van der Waals surface area contributed by atoms with Crippen molar-refractivity contribution in [3.05, 3.63) is 120 Å². The fraction of sp³-hybridized carbons (Fsp3) is 0.491. The molecule has 0 bridgehead atoms. The number of hydrogen-bond donors (Lipinski definition) is 0. The highest BCUT2D eigenvalue weighted by molar-refractivity contribution is 7.93. The van der Waals surface area contributed by atoms with Crippen LogP contribution in [0.2, 0.25) is 0 Å². The third kappa shape index (κ3) is 9.92. The molecule has 0 N–H and O–H groups in total. The highest BCUT2D eigenvalue weighted by Gasteiger charge is 2.95. The lowest BCUT2D eigenvalue weighted by Gasteiger charge is -2.49. The number of sulfonamides is 2. The molecule has 90 heavy (non-hydrogen) atoms. The predicted molar refractivity (Wildman–Crippen MR) is 277 cm³/mol. The van der Waals surface area contributed by atoms with Crippen LogP contribution in [0.3, 0.4) is 0 Å². The minimum Gasteiger partial charge on any atom is -0.467 e. The quantitative estimate of drug-likeness (QED) is 0.0588. The summed E-state index contributed by atoms with van der Waals surface area (Å²) in [6.07, 6.45) is -21.1. The number of alkyl halides is 17. The van der Waals surface area contributed by atoms with E-state index in [0.29, 0.717) is 9.21 Å². The molecule has 0 saturated carbocycles. The van der Waals surface area contributed by atoms with E-state index in [-0.39, 0.29) is 21.1 Å². The van der Waals surface area contributed by atoms with Gasteiger partial charge in [0.05, 0.1) is 46.7 Å². The number of halogens is 17. The lowest BCUT2D eigenvalue weighted by Crippen LogP contribution is -2.74. The average molecular weight is 1350 g/mol. The summed E-state index contributed by atoms with van der Waals surface area (Å²) in [5.41, 5.74) is -9.36. The molecule has 8 rings (SSSR count). The number of benzene rings is 4. The van der Waals surface area contributed by atoms with Gasteiger partial charge in [-0.25, -0.2) is 35.5 Å². The normalized spacial score (nSPS) is 23.0. The van der Waals surface area contributed by atoms with Gasteiger partial charge in [0.25, 0.3) is 10.0 Å². The summed E-state index contributed by atoms with van der Waals surface area (Å²) in [7, 11) is -10.3. The smallest absolute Gasteiger partial charge is 0.460 e. The number of carbonyl (C=O) groups is 4. The van der Waals surface area contributed by atoms with Crippen LogP contribution in [0, 0.1) is 0 Å². The molecule has 2 amide bonds. The SMILES string of the molecule is COC(=O)[C@@H]1C[C@@]2([C@]34C[C@H](C(=O)OCCC(F)(F)C(F)(F)C(F)(F)C(F)(F)C(F)(F)C(F)(F)C(F)(F)C(F)(F)F)N(S(=O)(=O)c5ccccc5)[C@H]3N(S(=O)(=O)c3ccccc3)c3ccccc34)c3ccccc3N(C(=O)OC(C)(C)C)[C@H]2N1C(=O)OC(C)(C)C. The van der Waals surface area contributed by atoms with E-state index in [1.165, 1.54) is 108 Å². The number of esters is 2. The van der Waals surface area contributed by atoms with Crippen molar-refractivity contribution in [2.24, 2.45) is 0 Å². The van der Waals surface area contributed by atoms with E-state index in [2.05, 4.69) is 0 Å². The van der Waals surface area contributed by atoms with Crippen LogP contribution in [0.15, 0.2) is 119 Å². The Bertz CT molecular complexity index is 3710. The molecular weight excluding hydrogens is 1300 g/mol. The lowest BCUT2D eigenvalue weighted by atomic mass is 9.54. The van der Waals surface area contributed by atoms with Crippen molar-refractivity contribution in [2.75, 3.05) is 22.9 Å². The molecule has 0 aromatic heterocycles. The Labute approximate surface area is 500 Å². The molecule has 4 heterocycles. The standard InChI is InChI=1S/C55H51F17N4O12S2/c1-44(2,3)87-42(79)73-34-24-16-14-22-32(34)46(28-36(38(77)85-7)74(40(46)73)43(80)88-45(4,5)6)47-29-37(39(78)86-27-26-48(56,57)49(58,59)50(60,61)51(62,63)52(64,65)53(66,67)54(68,69)55(70,71)72)76(90(83,84)31-20-12-9-13-21-31)41(47)75(35-25-17-15-23-33(35)47)89(81,82)30-18-10-8-11-19-30/h8-25,36-37,40-41H,26-29H2,1-7H3/t36-,37+,40-,41+,46+,47-/m0/s1. The maximum absolute atomic E-state index is 15.9. The fourth-order valence-electron chi connectivity index (χ4n) is 11.9. The van der Waals surface area contributed by atoms with Crippen LogP contribution in [-0.4, -0.2) is 147 Å². The topological polar surface area (TPSA) is 186 Å². The van der Waals surface area contributed by atoms with E-state index < -0.39 is 180 Å². The van der Waals surface area contributed by atoms with Crippen LogP contribution >= 0.6 is 0 Å². The second-order valence-electron chi connectivity index (χ2n) is 23.3. The lowest BCUT2D eigenvalue weighted by molar-refractivity contribution is -0.461. The zero-order chi connectivity index (χ0) is 67.8. The number of ether oxygens (including phenoxy) is 4. The van der Waals surface area contributed by atoms with E-state index in [0.717, 1.165) is 54.5 Å². The Morgan fingerprint density at radius 2 is 0.889 bits per heavy atom. The fourth-order valence-corrected chi connectivity index (χ4v) is 15.4. The summed E-state index contributed by atoms with van der Waals surface area (Å²) in [4.78, 5) is 60.2. The summed E-state index contributed by atoms with van der Waals surface area (Å²) in [5, 5.41) is 0. The van der Waals surface area contributed by atoms with Gasteiger partial charge in [0.2, 0.25) is 10.0 Å². The second kappa shape index (κ2) is 21.7. The number of para-hydroxylation sites is 2. The molecule has 0 unspecified atom stereocenters. The molecule has 6 atom stereocenters. The van der Waals surface area contributed by atoms with Crippen LogP contribution in [0.25, 0.3) is 0 Å². The van der Waals surface area contributed by atoms with Crippen molar-refractivity contribution in [3.63, 3.8) is 0 Å². The number of fused-ring (bicyclic) bond motifs is 7. The Kier molecular flexibility index (Phi) is 16.6. The summed E-state index contributed by atoms with van der Waals surface area (Å²) in [6.45, 7) is 5.81. The molecule has 4 aliphatic heterocycles. The Morgan fingerprint density at radius 1 is 0.489 bits per heavy atom. The van der Waals surface area contributed by atoms with Gasteiger partial charge in [-0.2, -0.15) is 78.9 Å². The Balaban J connectivity index is 1.39. The molecule has 494 valence electrons. The first-order valence-electron chi connectivity index (χ1n) is 26.3. The first kappa shape index (κ1) is 68.7. The van der Waals surface area contributed by atoms with Gasteiger partial charge in [-0.1, -0.05) is 72.8 Å². The molecule has 0 spiro atoms. The van der Waals surface area contributed by atoms with Gasteiger partial charge in [0.1, 0.15) is 35.6 Å². The molecule has 4 aromatic rings. The van der Waals surface area contributed by atoms with Crippen LogP contribution in [0.4, 0.5) is 95.6 Å². The molecule has 2 saturated heterocycles. The molecule has 35 heteroatoms. The van der Waals surface area contributed by atoms with Crippen molar-refractivity contribution < 1.29 is 130 Å². The summed E-state index contributed by atoms with van der Waals surface area (Å²) < 4.78 is 330. The van der Waals surface area contributed by atoms with Crippen molar-refractivity contribution >= 4 is 55.5 Å². The number of methoxy groups -OCH3 is 1. The zero-order valence-corrected chi connectivity index (χ0v) is 49.1. The van der Waals surface area contributed by atoms with Gasteiger partial charge in [-0.05, 0) is 102 Å². The van der Waals surface area contributed by atoms with Crippen LogP contribution in [0.1, 0.15) is 71.9 Å². The molecular formula is C55H51F17N4O12S2. The van der Waals surface area contributed by atoms with Gasteiger partial charge in [0.15, 0.2) is 0 Å². The van der Waals surface area contributed by atoms with Gasteiger partial charge in [-0.15, -0.1) is 0 Å². The first-order chi connectivity index (χ1) is 41.0. The highest BCUT2D eigenvalue weighted by atomic mass is 32.2. The maximum Gasteiger partial charge on any atom is 0.460 e. The Hall–Kier alpha value is -7.17.